The van der Waals surface area contributed by atoms with Gasteiger partial charge < -0.3 is 9.84 Å². The van der Waals surface area contributed by atoms with Gasteiger partial charge in [-0.05, 0) is 24.8 Å². The number of carbonyl (C=O) groups is 1. The van der Waals surface area contributed by atoms with Gasteiger partial charge in [0.05, 0.1) is 6.61 Å². The molecule has 3 nitrogen and oxygen atoms in total. The van der Waals surface area contributed by atoms with Crippen LogP contribution < -0.4 is 0 Å². The second kappa shape index (κ2) is 10.3. The zero-order valence-electron chi connectivity index (χ0n) is 11.3. The van der Waals surface area contributed by atoms with Gasteiger partial charge in [0.2, 0.25) is 0 Å². The molecule has 0 radical (unpaired) electrons. The Bertz CT molecular complexity index is 371. The van der Waals surface area contributed by atoms with E-state index in [1.807, 2.05) is 18.2 Å². The van der Waals surface area contributed by atoms with E-state index in [1.54, 1.807) is 6.08 Å². The molecule has 0 amide bonds. The summed E-state index contributed by atoms with van der Waals surface area (Å²) in [6, 6.07) is 10.2. The van der Waals surface area contributed by atoms with Crippen molar-refractivity contribution in [1.82, 2.24) is 0 Å². The van der Waals surface area contributed by atoms with E-state index in [-0.39, 0.29) is 0 Å². The van der Waals surface area contributed by atoms with Gasteiger partial charge in [0, 0.05) is 12.7 Å². The molecule has 0 atom stereocenters. The van der Waals surface area contributed by atoms with E-state index in [1.165, 1.54) is 11.6 Å². The Morgan fingerprint density at radius 3 is 2.58 bits per heavy atom. The average Bonchev–Trinajstić information content (AvgIpc) is 2.42. The maximum Gasteiger partial charge on any atom is 0.327 e. The number of hydrogen-bond donors (Lipinski definition) is 1. The van der Waals surface area contributed by atoms with Crippen LogP contribution in [-0.2, 0) is 16.1 Å². The number of rotatable bonds is 10. The van der Waals surface area contributed by atoms with E-state index in [9.17, 15) is 4.79 Å². The third kappa shape index (κ3) is 9.03. The van der Waals surface area contributed by atoms with Gasteiger partial charge in [-0.25, -0.2) is 4.79 Å². The SMILES string of the molecule is O=C(O)C=CCCCCCCOCc1ccccc1. The third-order valence-corrected chi connectivity index (χ3v) is 2.78. The molecule has 0 heterocycles. The molecule has 3 heteroatoms. The van der Waals surface area contributed by atoms with E-state index in [0.717, 1.165) is 38.7 Å². The highest BCUT2D eigenvalue weighted by atomic mass is 16.5. The second-order valence-electron chi connectivity index (χ2n) is 4.48. The van der Waals surface area contributed by atoms with Crippen molar-refractivity contribution < 1.29 is 14.6 Å². The summed E-state index contributed by atoms with van der Waals surface area (Å²) in [6.45, 7) is 1.47. The first-order chi connectivity index (χ1) is 9.29. The molecule has 0 aliphatic carbocycles. The number of carboxylic acid groups (broad SMARTS) is 1. The van der Waals surface area contributed by atoms with Gasteiger partial charge in [-0.15, -0.1) is 0 Å². The Hall–Kier alpha value is -1.61. The summed E-state index contributed by atoms with van der Waals surface area (Å²) in [5, 5.41) is 8.40. The minimum atomic E-state index is -0.866. The molecule has 1 aromatic rings. The highest BCUT2D eigenvalue weighted by molar-refractivity contribution is 5.79. The van der Waals surface area contributed by atoms with Gasteiger partial charge in [-0.3, -0.25) is 0 Å². The number of unbranched alkanes of at least 4 members (excludes halogenated alkanes) is 4. The summed E-state index contributed by atoms with van der Waals surface area (Å²) in [4.78, 5) is 10.2. The van der Waals surface area contributed by atoms with Gasteiger partial charge in [0.1, 0.15) is 0 Å². The molecule has 0 saturated carbocycles. The minimum Gasteiger partial charge on any atom is -0.478 e. The van der Waals surface area contributed by atoms with Gasteiger partial charge in [0.15, 0.2) is 0 Å². The van der Waals surface area contributed by atoms with Crippen LogP contribution in [0.1, 0.15) is 37.7 Å². The largest absolute Gasteiger partial charge is 0.478 e. The number of aliphatic carboxylic acids is 1. The number of benzene rings is 1. The Kier molecular flexibility index (Phi) is 8.39. The zero-order chi connectivity index (χ0) is 13.8. The van der Waals surface area contributed by atoms with Crippen molar-refractivity contribution in [1.29, 1.82) is 0 Å². The molecule has 104 valence electrons. The third-order valence-electron chi connectivity index (χ3n) is 2.78. The van der Waals surface area contributed by atoms with Gasteiger partial charge >= 0.3 is 5.97 Å². The number of hydrogen-bond acceptors (Lipinski definition) is 2. The van der Waals surface area contributed by atoms with Crippen LogP contribution in [0.25, 0.3) is 0 Å². The molecule has 1 aromatic carbocycles. The number of carboxylic acids is 1. The van der Waals surface area contributed by atoms with Crippen LogP contribution in [0, 0.1) is 0 Å². The zero-order valence-corrected chi connectivity index (χ0v) is 11.3. The van der Waals surface area contributed by atoms with Crippen LogP contribution in [-0.4, -0.2) is 17.7 Å². The molecular formula is C16H22O3. The molecule has 0 aromatic heterocycles. The van der Waals surface area contributed by atoms with Gasteiger partial charge in [-0.2, -0.15) is 0 Å². The first-order valence-corrected chi connectivity index (χ1v) is 6.80. The van der Waals surface area contributed by atoms with Crippen molar-refractivity contribution in [3.8, 4) is 0 Å². The van der Waals surface area contributed by atoms with Crippen LogP contribution in [0.15, 0.2) is 42.5 Å². The molecular weight excluding hydrogens is 240 g/mol. The first-order valence-electron chi connectivity index (χ1n) is 6.80. The van der Waals surface area contributed by atoms with Crippen LogP contribution >= 0.6 is 0 Å². The lowest BCUT2D eigenvalue weighted by atomic mass is 10.1. The van der Waals surface area contributed by atoms with Crippen LogP contribution in [0.2, 0.25) is 0 Å². The first kappa shape index (κ1) is 15.4. The molecule has 0 aliphatic heterocycles. The molecule has 0 unspecified atom stereocenters. The lowest BCUT2D eigenvalue weighted by molar-refractivity contribution is -0.131. The molecule has 0 aliphatic rings. The Morgan fingerprint density at radius 2 is 1.84 bits per heavy atom. The average molecular weight is 262 g/mol. The van der Waals surface area contributed by atoms with Gasteiger partial charge in [-0.1, -0.05) is 49.2 Å². The smallest absolute Gasteiger partial charge is 0.327 e. The number of ether oxygens (including phenoxy) is 1. The Morgan fingerprint density at radius 1 is 1.11 bits per heavy atom. The second-order valence-corrected chi connectivity index (χ2v) is 4.48. The summed E-state index contributed by atoms with van der Waals surface area (Å²) >= 11 is 0. The monoisotopic (exact) mass is 262 g/mol. The van der Waals surface area contributed by atoms with Crippen molar-refractivity contribution >= 4 is 5.97 Å². The van der Waals surface area contributed by atoms with Gasteiger partial charge in [0.25, 0.3) is 0 Å². The van der Waals surface area contributed by atoms with E-state index in [2.05, 4.69) is 12.1 Å². The Labute approximate surface area is 114 Å². The minimum absolute atomic E-state index is 0.683. The van der Waals surface area contributed by atoms with Crippen LogP contribution in [0.4, 0.5) is 0 Å². The van der Waals surface area contributed by atoms with Crippen molar-refractivity contribution in [2.75, 3.05) is 6.61 Å². The fourth-order valence-corrected chi connectivity index (χ4v) is 1.77. The summed E-state index contributed by atoms with van der Waals surface area (Å²) in [5.41, 5.74) is 1.21. The van der Waals surface area contributed by atoms with Crippen molar-refractivity contribution in [3.63, 3.8) is 0 Å². The summed E-state index contributed by atoms with van der Waals surface area (Å²) in [5.74, 6) is -0.866. The molecule has 19 heavy (non-hydrogen) atoms. The van der Waals surface area contributed by atoms with Crippen LogP contribution in [0.3, 0.4) is 0 Å². The van der Waals surface area contributed by atoms with E-state index in [4.69, 9.17) is 9.84 Å². The van der Waals surface area contributed by atoms with E-state index >= 15 is 0 Å². The normalized spacial score (nSPS) is 10.9. The highest BCUT2D eigenvalue weighted by Crippen LogP contribution is 2.05. The van der Waals surface area contributed by atoms with Crippen molar-refractivity contribution in [3.05, 3.63) is 48.0 Å². The highest BCUT2D eigenvalue weighted by Gasteiger charge is 1.93. The lowest BCUT2D eigenvalue weighted by Crippen LogP contribution is -1.95. The predicted molar refractivity (Wildman–Crippen MR) is 76.0 cm³/mol. The standard InChI is InChI=1S/C16H22O3/c17-16(18)12-8-3-1-2-4-9-13-19-14-15-10-6-5-7-11-15/h5-8,10-12H,1-4,9,13-14H2,(H,17,18). The van der Waals surface area contributed by atoms with E-state index < -0.39 is 5.97 Å². The molecule has 0 bridgehead atoms. The number of allylic oxidation sites excluding steroid dienone is 1. The predicted octanol–water partition coefficient (Wildman–Crippen LogP) is 3.79. The summed E-state index contributed by atoms with van der Waals surface area (Å²) in [7, 11) is 0. The molecule has 1 N–H and O–H groups in total. The molecule has 1 rings (SSSR count). The maximum absolute atomic E-state index is 10.2. The van der Waals surface area contributed by atoms with Crippen molar-refractivity contribution in [2.24, 2.45) is 0 Å². The molecule has 0 spiro atoms. The fourth-order valence-electron chi connectivity index (χ4n) is 1.77. The lowest BCUT2D eigenvalue weighted by Gasteiger charge is -2.04. The maximum atomic E-state index is 10.2. The topological polar surface area (TPSA) is 46.5 Å². The molecule has 0 saturated heterocycles. The quantitative estimate of drug-likeness (QED) is 0.515. The molecule has 0 fully saturated rings. The van der Waals surface area contributed by atoms with E-state index in [0.29, 0.717) is 6.61 Å². The Balaban J connectivity index is 1.88. The summed E-state index contributed by atoms with van der Waals surface area (Å²) in [6.07, 6.45) is 8.14. The van der Waals surface area contributed by atoms with Crippen molar-refractivity contribution in [2.45, 2.75) is 38.7 Å². The summed E-state index contributed by atoms with van der Waals surface area (Å²) < 4.78 is 5.59. The fraction of sp³-hybridized carbons (Fsp3) is 0.438. The van der Waals surface area contributed by atoms with Crippen LogP contribution in [0.5, 0.6) is 0 Å².